The van der Waals surface area contributed by atoms with Crippen molar-refractivity contribution in [1.29, 1.82) is 0 Å². The molecule has 0 unspecified atom stereocenters. The molecule has 2 N–H and O–H groups in total. The molecule has 0 fully saturated rings. The smallest absolute Gasteiger partial charge is 0.259 e. The first-order valence-corrected chi connectivity index (χ1v) is 7.73. The van der Waals surface area contributed by atoms with Gasteiger partial charge in [-0.2, -0.15) is 5.10 Å². The van der Waals surface area contributed by atoms with Crippen LogP contribution in [0.15, 0.2) is 47.6 Å². The molecule has 2 rings (SSSR count). The van der Waals surface area contributed by atoms with Gasteiger partial charge in [0.25, 0.3) is 5.91 Å². The minimum atomic E-state index is -0.196. The third-order valence-corrected chi connectivity index (χ3v) is 3.68. The van der Waals surface area contributed by atoms with E-state index in [0.29, 0.717) is 5.02 Å². The van der Waals surface area contributed by atoms with Gasteiger partial charge in [0.15, 0.2) is 0 Å². The van der Waals surface area contributed by atoms with Gasteiger partial charge in [0.05, 0.1) is 12.3 Å². The van der Waals surface area contributed by atoms with Crippen LogP contribution in [0.3, 0.4) is 0 Å². The summed E-state index contributed by atoms with van der Waals surface area (Å²) in [5.41, 5.74) is 7.44. The van der Waals surface area contributed by atoms with Crippen LogP contribution in [0.2, 0.25) is 5.02 Å². The number of rotatable bonds is 5. The highest BCUT2D eigenvalue weighted by atomic mass is 35.5. The molecule has 0 aliphatic carbocycles. The van der Waals surface area contributed by atoms with E-state index >= 15 is 0 Å². The zero-order valence-corrected chi connectivity index (χ0v) is 14.2. The fourth-order valence-electron chi connectivity index (χ4n) is 2.13. The number of hydrogen-bond acceptors (Lipinski definition) is 3. The Labute approximate surface area is 141 Å². The second kappa shape index (κ2) is 7.79. The molecule has 0 radical (unpaired) electrons. The van der Waals surface area contributed by atoms with Crippen molar-refractivity contribution in [3.63, 3.8) is 0 Å². The number of carbonyl (C=O) groups excluding carboxylic acids is 1. The maximum absolute atomic E-state index is 11.9. The van der Waals surface area contributed by atoms with Crippen LogP contribution in [0.25, 0.3) is 0 Å². The lowest BCUT2D eigenvalue weighted by Crippen LogP contribution is -2.27. The van der Waals surface area contributed by atoms with Crippen LogP contribution in [-0.2, 0) is 4.79 Å². The second-order valence-electron chi connectivity index (χ2n) is 5.41. The molecular weight excluding hydrogens is 310 g/mol. The van der Waals surface area contributed by atoms with Gasteiger partial charge in [0, 0.05) is 10.7 Å². The van der Waals surface area contributed by atoms with Crippen LogP contribution in [0.1, 0.15) is 23.6 Å². The number of hydrazone groups is 1. The molecule has 0 spiro atoms. The zero-order valence-electron chi connectivity index (χ0n) is 13.5. The first kappa shape index (κ1) is 17.0. The van der Waals surface area contributed by atoms with Crippen LogP contribution in [0, 0.1) is 13.8 Å². The Hall–Kier alpha value is -2.33. The molecule has 1 amide bonds. The summed E-state index contributed by atoms with van der Waals surface area (Å²) in [6.07, 6.45) is 0. The lowest BCUT2D eigenvalue weighted by molar-refractivity contribution is -0.119. The van der Waals surface area contributed by atoms with Crippen molar-refractivity contribution in [2.24, 2.45) is 5.10 Å². The summed E-state index contributed by atoms with van der Waals surface area (Å²) in [6.45, 7) is 6.05. The number of halogens is 1. The van der Waals surface area contributed by atoms with E-state index in [1.165, 1.54) is 5.56 Å². The van der Waals surface area contributed by atoms with E-state index in [0.717, 1.165) is 22.5 Å². The number of nitrogens with one attached hydrogen (secondary N) is 2. The fourth-order valence-corrected chi connectivity index (χ4v) is 2.25. The fraction of sp³-hybridized carbons (Fsp3) is 0.222. The largest absolute Gasteiger partial charge is 0.376 e. The van der Waals surface area contributed by atoms with Crippen molar-refractivity contribution in [1.82, 2.24) is 5.43 Å². The summed E-state index contributed by atoms with van der Waals surface area (Å²) in [5, 5.41) is 7.89. The van der Waals surface area contributed by atoms with Gasteiger partial charge in [0.2, 0.25) is 0 Å². The summed E-state index contributed by atoms with van der Waals surface area (Å²) in [7, 11) is 0. The minimum absolute atomic E-state index is 0.168. The summed E-state index contributed by atoms with van der Waals surface area (Å²) in [4.78, 5) is 11.9. The summed E-state index contributed by atoms with van der Waals surface area (Å²) >= 11 is 5.85. The number of carbonyl (C=O) groups is 1. The van der Waals surface area contributed by atoms with Crippen molar-refractivity contribution in [2.75, 3.05) is 11.9 Å². The SMILES string of the molecule is C/C(=N/NC(=O)CNc1ccc(C)cc1C)c1ccc(Cl)cc1. The van der Waals surface area contributed by atoms with Crippen molar-refractivity contribution in [3.8, 4) is 0 Å². The van der Waals surface area contributed by atoms with E-state index in [9.17, 15) is 4.79 Å². The third-order valence-electron chi connectivity index (χ3n) is 3.43. The van der Waals surface area contributed by atoms with Crippen LogP contribution in [0.4, 0.5) is 5.69 Å². The number of nitrogens with zero attached hydrogens (tertiary/aromatic N) is 1. The standard InChI is InChI=1S/C18H20ClN3O/c1-12-4-9-17(13(2)10-12)20-11-18(23)22-21-14(3)15-5-7-16(19)8-6-15/h4-10,20H,11H2,1-3H3,(H,22,23)/b21-14-. The molecule has 0 aliphatic heterocycles. The van der Waals surface area contributed by atoms with Gasteiger partial charge < -0.3 is 5.32 Å². The molecule has 4 nitrogen and oxygen atoms in total. The molecule has 0 saturated heterocycles. The Morgan fingerprint density at radius 1 is 1.13 bits per heavy atom. The van der Waals surface area contributed by atoms with Gasteiger partial charge in [-0.1, -0.05) is 41.4 Å². The van der Waals surface area contributed by atoms with Crippen LogP contribution >= 0.6 is 11.6 Å². The van der Waals surface area contributed by atoms with Gasteiger partial charge >= 0.3 is 0 Å². The van der Waals surface area contributed by atoms with Crippen LogP contribution in [0.5, 0.6) is 0 Å². The second-order valence-corrected chi connectivity index (χ2v) is 5.85. The van der Waals surface area contributed by atoms with Crippen molar-refractivity contribution >= 4 is 28.9 Å². The summed E-state index contributed by atoms with van der Waals surface area (Å²) < 4.78 is 0. The predicted octanol–water partition coefficient (Wildman–Crippen LogP) is 3.91. The van der Waals surface area contributed by atoms with Crippen molar-refractivity contribution < 1.29 is 4.79 Å². The lowest BCUT2D eigenvalue weighted by Gasteiger charge is -2.09. The molecule has 2 aromatic rings. The molecule has 23 heavy (non-hydrogen) atoms. The molecule has 0 heterocycles. The predicted molar refractivity (Wildman–Crippen MR) is 96.2 cm³/mol. The van der Waals surface area contributed by atoms with E-state index in [2.05, 4.69) is 21.9 Å². The normalized spacial score (nSPS) is 11.2. The van der Waals surface area contributed by atoms with Gasteiger partial charge in [-0.25, -0.2) is 5.43 Å². The number of hydrogen-bond donors (Lipinski definition) is 2. The van der Waals surface area contributed by atoms with Gasteiger partial charge in [-0.05, 0) is 50.1 Å². The first-order chi connectivity index (χ1) is 11.0. The van der Waals surface area contributed by atoms with Crippen LogP contribution < -0.4 is 10.7 Å². The quantitative estimate of drug-likeness (QED) is 0.645. The van der Waals surface area contributed by atoms with Gasteiger partial charge in [-0.15, -0.1) is 0 Å². The molecule has 0 bridgehead atoms. The topological polar surface area (TPSA) is 53.5 Å². The summed E-state index contributed by atoms with van der Waals surface area (Å²) in [5.74, 6) is -0.196. The highest BCUT2D eigenvalue weighted by molar-refractivity contribution is 6.30. The maximum atomic E-state index is 11.9. The lowest BCUT2D eigenvalue weighted by atomic mass is 10.1. The van der Waals surface area contributed by atoms with E-state index < -0.39 is 0 Å². The number of aryl methyl sites for hydroxylation is 2. The molecule has 0 aliphatic rings. The molecule has 5 heteroatoms. The Kier molecular flexibility index (Phi) is 5.77. The van der Waals surface area contributed by atoms with E-state index in [-0.39, 0.29) is 12.5 Å². The molecule has 0 atom stereocenters. The van der Waals surface area contributed by atoms with Crippen molar-refractivity contribution in [3.05, 3.63) is 64.2 Å². The molecule has 0 aromatic heterocycles. The molecule has 120 valence electrons. The Morgan fingerprint density at radius 3 is 2.48 bits per heavy atom. The molecular formula is C18H20ClN3O. The van der Waals surface area contributed by atoms with Gasteiger partial charge in [0.1, 0.15) is 0 Å². The Morgan fingerprint density at radius 2 is 1.83 bits per heavy atom. The van der Waals surface area contributed by atoms with Crippen LogP contribution in [-0.4, -0.2) is 18.2 Å². The molecule has 0 saturated carbocycles. The average Bonchev–Trinajstić information content (AvgIpc) is 2.52. The van der Waals surface area contributed by atoms with E-state index in [4.69, 9.17) is 11.6 Å². The van der Waals surface area contributed by atoms with E-state index in [1.54, 1.807) is 12.1 Å². The molecule has 2 aromatic carbocycles. The Balaban J connectivity index is 1.89. The zero-order chi connectivity index (χ0) is 16.8. The number of amides is 1. The maximum Gasteiger partial charge on any atom is 0.259 e. The number of benzene rings is 2. The minimum Gasteiger partial charge on any atom is -0.376 e. The monoisotopic (exact) mass is 329 g/mol. The van der Waals surface area contributed by atoms with E-state index in [1.807, 2.05) is 45.0 Å². The number of anilines is 1. The Bertz CT molecular complexity index is 724. The first-order valence-electron chi connectivity index (χ1n) is 7.36. The highest BCUT2D eigenvalue weighted by Gasteiger charge is 2.03. The van der Waals surface area contributed by atoms with Crippen molar-refractivity contribution in [2.45, 2.75) is 20.8 Å². The third kappa shape index (κ3) is 5.11. The highest BCUT2D eigenvalue weighted by Crippen LogP contribution is 2.15. The average molecular weight is 330 g/mol. The summed E-state index contributed by atoms with van der Waals surface area (Å²) in [6, 6.07) is 13.4. The van der Waals surface area contributed by atoms with Gasteiger partial charge in [-0.3, -0.25) is 4.79 Å².